The van der Waals surface area contributed by atoms with Gasteiger partial charge in [0.2, 0.25) is 11.1 Å². The van der Waals surface area contributed by atoms with E-state index in [0.717, 1.165) is 25.9 Å². The summed E-state index contributed by atoms with van der Waals surface area (Å²) in [4.78, 5) is 13.9. The highest BCUT2D eigenvalue weighted by atomic mass is 32.2. The molecule has 1 aromatic carbocycles. The van der Waals surface area contributed by atoms with Crippen molar-refractivity contribution in [3.05, 3.63) is 30.1 Å². The minimum absolute atomic E-state index is 0.0813. The first-order valence-corrected chi connectivity index (χ1v) is 8.01. The Morgan fingerprint density at radius 2 is 2.09 bits per heavy atom. The number of rotatable bonds is 4. The van der Waals surface area contributed by atoms with Gasteiger partial charge in [-0.1, -0.05) is 23.9 Å². The molecule has 1 aliphatic heterocycles. The largest absolute Gasteiger partial charge is 0.342 e. The molecule has 0 unspecified atom stereocenters. The summed E-state index contributed by atoms with van der Waals surface area (Å²) >= 11 is 1.24. The molecule has 0 saturated carbocycles. The summed E-state index contributed by atoms with van der Waals surface area (Å²) in [5.41, 5.74) is 0.549. The van der Waals surface area contributed by atoms with Crippen molar-refractivity contribution in [1.82, 2.24) is 19.8 Å². The van der Waals surface area contributed by atoms with Crippen molar-refractivity contribution in [1.29, 1.82) is 0 Å². The molecular weight excluding hydrogens is 305 g/mol. The lowest BCUT2D eigenvalue weighted by molar-refractivity contribution is -0.127. The predicted octanol–water partition coefficient (Wildman–Crippen LogP) is 1.51. The SMILES string of the molecule is Nn1c(SCC(=O)N2CCCC2)nnc1-c1cccc(F)c1. The second kappa shape index (κ2) is 6.35. The number of carbonyl (C=O) groups excluding carboxylic acids is 1. The third kappa shape index (κ3) is 3.06. The molecule has 2 N–H and O–H groups in total. The number of halogens is 1. The number of nitrogens with zero attached hydrogens (tertiary/aromatic N) is 4. The summed E-state index contributed by atoms with van der Waals surface area (Å²) in [5.74, 6) is 6.31. The summed E-state index contributed by atoms with van der Waals surface area (Å²) in [5, 5.41) is 8.39. The molecule has 1 amide bonds. The summed E-state index contributed by atoms with van der Waals surface area (Å²) < 4.78 is 14.6. The van der Waals surface area contributed by atoms with Gasteiger partial charge in [-0.05, 0) is 25.0 Å². The molecule has 116 valence electrons. The number of amides is 1. The van der Waals surface area contributed by atoms with E-state index in [1.165, 1.54) is 28.6 Å². The second-order valence-corrected chi connectivity index (χ2v) is 6.01. The third-order valence-corrected chi connectivity index (χ3v) is 4.46. The van der Waals surface area contributed by atoms with Crippen LogP contribution in [0.15, 0.2) is 29.4 Å². The van der Waals surface area contributed by atoms with E-state index < -0.39 is 0 Å². The van der Waals surface area contributed by atoms with Gasteiger partial charge in [0.05, 0.1) is 5.75 Å². The van der Waals surface area contributed by atoms with Crippen LogP contribution in [-0.2, 0) is 4.79 Å². The second-order valence-electron chi connectivity index (χ2n) is 5.06. The van der Waals surface area contributed by atoms with E-state index in [9.17, 15) is 9.18 Å². The van der Waals surface area contributed by atoms with Gasteiger partial charge in [0.25, 0.3) is 0 Å². The normalized spacial score (nSPS) is 14.5. The van der Waals surface area contributed by atoms with Crippen molar-refractivity contribution in [2.24, 2.45) is 0 Å². The van der Waals surface area contributed by atoms with Gasteiger partial charge in [-0.25, -0.2) is 9.07 Å². The molecule has 3 rings (SSSR count). The first-order valence-electron chi connectivity index (χ1n) is 7.02. The van der Waals surface area contributed by atoms with Crippen LogP contribution in [-0.4, -0.2) is 44.5 Å². The van der Waals surface area contributed by atoms with Gasteiger partial charge in [-0.3, -0.25) is 4.79 Å². The maximum atomic E-state index is 13.3. The first-order chi connectivity index (χ1) is 10.6. The van der Waals surface area contributed by atoms with E-state index in [0.29, 0.717) is 16.5 Å². The Morgan fingerprint density at radius 1 is 1.32 bits per heavy atom. The number of nitrogen functional groups attached to an aromatic ring is 1. The van der Waals surface area contributed by atoms with Gasteiger partial charge in [-0.15, -0.1) is 10.2 Å². The molecule has 1 saturated heterocycles. The standard InChI is InChI=1S/C14H16FN5OS/c15-11-5-3-4-10(8-11)13-17-18-14(20(13)16)22-9-12(21)19-6-1-2-7-19/h3-5,8H,1-2,6-7,9,16H2. The summed E-state index contributed by atoms with van der Waals surface area (Å²) in [6, 6.07) is 5.99. The molecule has 8 heteroatoms. The van der Waals surface area contributed by atoms with Gasteiger partial charge in [0, 0.05) is 18.7 Å². The number of aromatic nitrogens is 3. The number of nitrogens with two attached hydrogens (primary N) is 1. The molecule has 6 nitrogen and oxygen atoms in total. The van der Waals surface area contributed by atoms with Crippen molar-refractivity contribution in [2.45, 2.75) is 18.0 Å². The van der Waals surface area contributed by atoms with E-state index in [2.05, 4.69) is 10.2 Å². The summed E-state index contributed by atoms with van der Waals surface area (Å²) in [6.07, 6.45) is 2.13. The van der Waals surface area contributed by atoms with Crippen molar-refractivity contribution < 1.29 is 9.18 Å². The minimum atomic E-state index is -0.362. The number of thioether (sulfide) groups is 1. The smallest absolute Gasteiger partial charge is 0.233 e. The molecule has 2 aromatic rings. The average Bonchev–Trinajstić information content (AvgIpc) is 3.15. The van der Waals surface area contributed by atoms with Crippen LogP contribution < -0.4 is 5.84 Å². The highest BCUT2D eigenvalue weighted by molar-refractivity contribution is 7.99. The Labute approximate surface area is 131 Å². The number of hydrogen-bond acceptors (Lipinski definition) is 5. The van der Waals surface area contributed by atoms with Crippen LogP contribution in [0.25, 0.3) is 11.4 Å². The van der Waals surface area contributed by atoms with Gasteiger partial charge in [0.15, 0.2) is 5.82 Å². The minimum Gasteiger partial charge on any atom is -0.342 e. The first kappa shape index (κ1) is 14.8. The monoisotopic (exact) mass is 321 g/mol. The van der Waals surface area contributed by atoms with E-state index in [4.69, 9.17) is 5.84 Å². The fraction of sp³-hybridized carbons (Fsp3) is 0.357. The summed E-state index contributed by atoms with van der Waals surface area (Å²) in [6.45, 7) is 1.65. The van der Waals surface area contributed by atoms with E-state index in [1.807, 2.05) is 4.90 Å². The molecule has 0 radical (unpaired) electrons. The Balaban J connectivity index is 1.69. The fourth-order valence-electron chi connectivity index (χ4n) is 2.38. The van der Waals surface area contributed by atoms with Crippen LogP contribution in [0.1, 0.15) is 12.8 Å². The number of carbonyl (C=O) groups is 1. The lowest BCUT2D eigenvalue weighted by atomic mass is 10.2. The zero-order valence-electron chi connectivity index (χ0n) is 11.9. The van der Waals surface area contributed by atoms with Gasteiger partial charge < -0.3 is 10.7 Å². The van der Waals surface area contributed by atoms with E-state index in [-0.39, 0.29) is 17.5 Å². The van der Waals surface area contributed by atoms with Crippen LogP contribution in [0, 0.1) is 5.82 Å². The number of benzene rings is 1. The van der Waals surface area contributed by atoms with Crippen LogP contribution in [0.2, 0.25) is 0 Å². The maximum Gasteiger partial charge on any atom is 0.233 e. The molecule has 1 fully saturated rings. The van der Waals surface area contributed by atoms with Gasteiger partial charge in [0.1, 0.15) is 5.82 Å². The lowest BCUT2D eigenvalue weighted by Crippen LogP contribution is -2.29. The lowest BCUT2D eigenvalue weighted by Gasteiger charge is -2.14. The molecule has 1 aliphatic rings. The van der Waals surface area contributed by atoms with E-state index >= 15 is 0 Å². The third-order valence-electron chi connectivity index (χ3n) is 3.53. The Bertz CT molecular complexity index is 684. The van der Waals surface area contributed by atoms with Gasteiger partial charge >= 0.3 is 0 Å². The Hall–Kier alpha value is -2.09. The molecule has 0 aliphatic carbocycles. The quantitative estimate of drug-likeness (QED) is 0.682. The summed E-state index contributed by atoms with van der Waals surface area (Å²) in [7, 11) is 0. The van der Waals surface area contributed by atoms with Crippen molar-refractivity contribution in [3.8, 4) is 11.4 Å². The average molecular weight is 321 g/mol. The highest BCUT2D eigenvalue weighted by Crippen LogP contribution is 2.22. The highest BCUT2D eigenvalue weighted by Gasteiger charge is 2.19. The number of likely N-dealkylation sites (tertiary alicyclic amines) is 1. The van der Waals surface area contributed by atoms with Crippen LogP contribution in [0.4, 0.5) is 4.39 Å². The zero-order chi connectivity index (χ0) is 15.5. The fourth-order valence-corrected chi connectivity index (χ4v) is 3.14. The predicted molar refractivity (Wildman–Crippen MR) is 82.1 cm³/mol. The van der Waals surface area contributed by atoms with Gasteiger partial charge in [-0.2, -0.15) is 0 Å². The van der Waals surface area contributed by atoms with Crippen molar-refractivity contribution in [3.63, 3.8) is 0 Å². The van der Waals surface area contributed by atoms with Crippen LogP contribution >= 0.6 is 11.8 Å². The Morgan fingerprint density at radius 3 is 2.82 bits per heavy atom. The van der Waals surface area contributed by atoms with Crippen LogP contribution in [0.3, 0.4) is 0 Å². The molecule has 0 spiro atoms. The molecule has 0 atom stereocenters. The molecular formula is C14H16FN5OS. The maximum absolute atomic E-state index is 13.3. The molecule has 0 bridgehead atoms. The zero-order valence-corrected chi connectivity index (χ0v) is 12.7. The molecule has 2 heterocycles. The van der Waals surface area contributed by atoms with E-state index in [1.54, 1.807) is 12.1 Å². The topological polar surface area (TPSA) is 77.0 Å². The Kier molecular flexibility index (Phi) is 4.28. The van der Waals surface area contributed by atoms with Crippen molar-refractivity contribution in [2.75, 3.05) is 24.7 Å². The van der Waals surface area contributed by atoms with Crippen LogP contribution in [0.5, 0.6) is 0 Å². The number of hydrogen-bond donors (Lipinski definition) is 1. The molecule has 1 aromatic heterocycles. The van der Waals surface area contributed by atoms with Crippen molar-refractivity contribution >= 4 is 17.7 Å². The molecule has 22 heavy (non-hydrogen) atoms.